The van der Waals surface area contributed by atoms with Gasteiger partial charge in [0, 0.05) is 18.0 Å². The standard InChI is InChI=1S/C14H17F2N3O2/c15-9-6-10(16)11(5-8(9)13(17)21)19-12(20)7-14(18)3-1-2-4-14/h5-6H,1-4,7,18H2,(H2,17,21)(H,19,20). The number of nitrogens with one attached hydrogen (secondary N) is 1. The summed E-state index contributed by atoms with van der Waals surface area (Å²) < 4.78 is 27.0. The van der Waals surface area contributed by atoms with Gasteiger partial charge in [-0.25, -0.2) is 8.78 Å². The number of rotatable bonds is 4. The number of carbonyl (C=O) groups excluding carboxylic acids is 2. The second-order valence-electron chi connectivity index (χ2n) is 5.47. The summed E-state index contributed by atoms with van der Waals surface area (Å²) in [5, 5.41) is 2.32. The fraction of sp³-hybridized carbons (Fsp3) is 0.429. The second-order valence-corrected chi connectivity index (χ2v) is 5.47. The zero-order valence-corrected chi connectivity index (χ0v) is 11.4. The number of carbonyl (C=O) groups is 2. The topological polar surface area (TPSA) is 98.2 Å². The molecule has 0 saturated heterocycles. The van der Waals surface area contributed by atoms with E-state index in [1.807, 2.05) is 0 Å². The summed E-state index contributed by atoms with van der Waals surface area (Å²) >= 11 is 0. The minimum Gasteiger partial charge on any atom is -0.366 e. The molecule has 0 atom stereocenters. The molecule has 0 spiro atoms. The summed E-state index contributed by atoms with van der Waals surface area (Å²) in [6.07, 6.45) is 3.44. The summed E-state index contributed by atoms with van der Waals surface area (Å²) in [4.78, 5) is 23.0. The Morgan fingerprint density at radius 2 is 1.81 bits per heavy atom. The first-order valence-electron chi connectivity index (χ1n) is 6.68. The molecular weight excluding hydrogens is 280 g/mol. The monoisotopic (exact) mass is 297 g/mol. The van der Waals surface area contributed by atoms with Crippen molar-refractivity contribution in [2.45, 2.75) is 37.6 Å². The number of hydrogen-bond donors (Lipinski definition) is 3. The maximum Gasteiger partial charge on any atom is 0.251 e. The van der Waals surface area contributed by atoms with Crippen molar-refractivity contribution in [3.05, 3.63) is 29.3 Å². The molecule has 0 heterocycles. The van der Waals surface area contributed by atoms with E-state index in [1.54, 1.807) is 0 Å². The van der Waals surface area contributed by atoms with Gasteiger partial charge >= 0.3 is 0 Å². The number of nitrogens with two attached hydrogens (primary N) is 2. The lowest BCUT2D eigenvalue weighted by Gasteiger charge is -2.22. The summed E-state index contributed by atoms with van der Waals surface area (Å²) in [5.41, 5.74) is 9.71. The molecule has 1 aliphatic rings. The molecule has 5 N–H and O–H groups in total. The predicted molar refractivity (Wildman–Crippen MR) is 73.5 cm³/mol. The van der Waals surface area contributed by atoms with E-state index in [4.69, 9.17) is 11.5 Å². The van der Waals surface area contributed by atoms with E-state index in [1.165, 1.54) is 0 Å². The summed E-state index contributed by atoms with van der Waals surface area (Å²) in [6, 6.07) is 1.41. The van der Waals surface area contributed by atoms with E-state index < -0.39 is 34.6 Å². The van der Waals surface area contributed by atoms with Crippen LogP contribution in [0.3, 0.4) is 0 Å². The van der Waals surface area contributed by atoms with Crippen LogP contribution in [-0.2, 0) is 4.79 Å². The first-order valence-corrected chi connectivity index (χ1v) is 6.68. The molecular formula is C14H17F2N3O2. The van der Waals surface area contributed by atoms with Crippen LogP contribution in [0.5, 0.6) is 0 Å². The highest BCUT2D eigenvalue weighted by atomic mass is 19.1. The van der Waals surface area contributed by atoms with Crippen molar-refractivity contribution >= 4 is 17.5 Å². The molecule has 5 nitrogen and oxygen atoms in total. The van der Waals surface area contributed by atoms with Gasteiger partial charge in [-0.3, -0.25) is 9.59 Å². The Morgan fingerprint density at radius 1 is 1.19 bits per heavy atom. The smallest absolute Gasteiger partial charge is 0.251 e. The van der Waals surface area contributed by atoms with Gasteiger partial charge < -0.3 is 16.8 Å². The fourth-order valence-corrected chi connectivity index (χ4v) is 2.60. The van der Waals surface area contributed by atoms with Gasteiger partial charge in [0.25, 0.3) is 5.91 Å². The second kappa shape index (κ2) is 5.77. The van der Waals surface area contributed by atoms with Gasteiger partial charge in [-0.15, -0.1) is 0 Å². The third-order valence-electron chi connectivity index (χ3n) is 3.71. The van der Waals surface area contributed by atoms with Gasteiger partial charge in [0.15, 0.2) is 0 Å². The highest BCUT2D eigenvalue weighted by molar-refractivity contribution is 5.96. The van der Waals surface area contributed by atoms with Crippen LogP contribution in [0.15, 0.2) is 12.1 Å². The van der Waals surface area contributed by atoms with Gasteiger partial charge in [0.2, 0.25) is 5.91 Å². The van der Waals surface area contributed by atoms with Crippen molar-refractivity contribution < 1.29 is 18.4 Å². The molecule has 1 aromatic carbocycles. The SMILES string of the molecule is NC(=O)c1cc(NC(=O)CC2(N)CCCC2)c(F)cc1F. The molecule has 0 aromatic heterocycles. The zero-order chi connectivity index (χ0) is 15.6. The van der Waals surface area contributed by atoms with Crippen LogP contribution in [0.25, 0.3) is 0 Å². The Labute approximate surface area is 120 Å². The van der Waals surface area contributed by atoms with Crippen LogP contribution in [0.4, 0.5) is 14.5 Å². The highest BCUT2D eigenvalue weighted by Gasteiger charge is 2.32. The van der Waals surface area contributed by atoms with Crippen molar-refractivity contribution in [1.82, 2.24) is 0 Å². The number of hydrogen-bond acceptors (Lipinski definition) is 3. The Morgan fingerprint density at radius 3 is 2.38 bits per heavy atom. The molecule has 0 bridgehead atoms. The third kappa shape index (κ3) is 3.55. The van der Waals surface area contributed by atoms with Crippen molar-refractivity contribution in [2.24, 2.45) is 11.5 Å². The molecule has 1 aromatic rings. The summed E-state index contributed by atoms with van der Waals surface area (Å²) in [7, 11) is 0. The Kier molecular flexibility index (Phi) is 4.22. The summed E-state index contributed by atoms with van der Waals surface area (Å²) in [6.45, 7) is 0. The predicted octanol–water partition coefficient (Wildman–Crippen LogP) is 1.66. The zero-order valence-electron chi connectivity index (χ0n) is 11.4. The van der Waals surface area contributed by atoms with E-state index >= 15 is 0 Å². The van der Waals surface area contributed by atoms with Crippen LogP contribution >= 0.6 is 0 Å². The molecule has 0 unspecified atom stereocenters. The number of anilines is 1. The first-order chi connectivity index (χ1) is 9.81. The maximum atomic E-state index is 13.6. The van der Waals surface area contributed by atoms with Gasteiger partial charge in [-0.1, -0.05) is 12.8 Å². The molecule has 0 radical (unpaired) electrons. The van der Waals surface area contributed by atoms with E-state index in [9.17, 15) is 18.4 Å². The Hall–Kier alpha value is -2.02. The fourth-order valence-electron chi connectivity index (χ4n) is 2.60. The maximum absolute atomic E-state index is 13.6. The highest BCUT2D eigenvalue weighted by Crippen LogP contribution is 2.30. The van der Waals surface area contributed by atoms with E-state index in [-0.39, 0.29) is 12.1 Å². The number of halogens is 2. The van der Waals surface area contributed by atoms with Crippen LogP contribution in [0.2, 0.25) is 0 Å². The van der Waals surface area contributed by atoms with Crippen molar-refractivity contribution in [3.8, 4) is 0 Å². The lowest BCUT2D eigenvalue weighted by atomic mass is 9.94. The summed E-state index contributed by atoms with van der Waals surface area (Å²) in [5.74, 6) is -3.54. The minimum absolute atomic E-state index is 0.0513. The molecule has 1 fully saturated rings. The minimum atomic E-state index is -1.07. The molecule has 7 heteroatoms. The van der Waals surface area contributed by atoms with Gasteiger partial charge in [0.1, 0.15) is 11.6 Å². The number of amides is 2. The van der Waals surface area contributed by atoms with Gasteiger partial charge in [-0.2, -0.15) is 0 Å². The average molecular weight is 297 g/mol. The molecule has 2 amide bonds. The van der Waals surface area contributed by atoms with E-state index in [2.05, 4.69) is 5.32 Å². The molecule has 1 saturated carbocycles. The largest absolute Gasteiger partial charge is 0.366 e. The van der Waals surface area contributed by atoms with Gasteiger partial charge in [-0.05, 0) is 18.9 Å². The van der Waals surface area contributed by atoms with Crippen LogP contribution in [0.1, 0.15) is 42.5 Å². The Balaban J connectivity index is 2.13. The van der Waals surface area contributed by atoms with Crippen molar-refractivity contribution in [2.75, 3.05) is 5.32 Å². The van der Waals surface area contributed by atoms with Crippen molar-refractivity contribution in [3.63, 3.8) is 0 Å². The molecule has 1 aliphatic carbocycles. The lowest BCUT2D eigenvalue weighted by molar-refractivity contribution is -0.117. The quantitative estimate of drug-likeness (QED) is 0.788. The molecule has 0 aliphatic heterocycles. The molecule has 21 heavy (non-hydrogen) atoms. The lowest BCUT2D eigenvalue weighted by Crippen LogP contribution is -2.40. The van der Waals surface area contributed by atoms with Crippen LogP contribution in [-0.4, -0.2) is 17.4 Å². The van der Waals surface area contributed by atoms with E-state index in [0.717, 1.165) is 31.7 Å². The van der Waals surface area contributed by atoms with Crippen LogP contribution in [0, 0.1) is 11.6 Å². The van der Waals surface area contributed by atoms with Crippen molar-refractivity contribution in [1.29, 1.82) is 0 Å². The third-order valence-corrected chi connectivity index (χ3v) is 3.71. The first kappa shape index (κ1) is 15.4. The van der Waals surface area contributed by atoms with Gasteiger partial charge in [0.05, 0.1) is 11.3 Å². The number of primary amides is 1. The number of benzene rings is 1. The normalized spacial score (nSPS) is 16.7. The molecule has 2 rings (SSSR count). The Bertz CT molecular complexity index is 584. The average Bonchev–Trinajstić information content (AvgIpc) is 2.78. The molecule has 114 valence electrons. The van der Waals surface area contributed by atoms with E-state index in [0.29, 0.717) is 6.07 Å². The van der Waals surface area contributed by atoms with Crippen LogP contribution < -0.4 is 16.8 Å².